The van der Waals surface area contributed by atoms with E-state index in [1.54, 1.807) is 24.5 Å². The van der Waals surface area contributed by atoms with Crippen molar-refractivity contribution >= 4 is 35.2 Å². The lowest BCUT2D eigenvalue weighted by atomic mass is 10.0. The smallest absolute Gasteiger partial charge is 0.303 e. The summed E-state index contributed by atoms with van der Waals surface area (Å²) < 4.78 is 10.4. The van der Waals surface area contributed by atoms with E-state index >= 15 is 0 Å². The van der Waals surface area contributed by atoms with Crippen LogP contribution < -0.4 is 21.1 Å². The molecule has 5 N–H and O–H groups in total. The van der Waals surface area contributed by atoms with Crippen LogP contribution in [0, 0.1) is 0 Å². The molecule has 0 saturated heterocycles. The zero-order valence-corrected chi connectivity index (χ0v) is 16.8. The molecule has 0 saturated carbocycles. The number of carboxylic acids is 1. The van der Waals surface area contributed by atoms with Crippen LogP contribution in [0.1, 0.15) is 24.4 Å². The molecule has 0 heterocycles. The monoisotopic (exact) mass is 413 g/mol. The number of nitrogens with two attached hydrogens (primary N) is 1. The predicted octanol–water partition coefficient (Wildman–Crippen LogP) is 0.795. The summed E-state index contributed by atoms with van der Waals surface area (Å²) in [6.07, 6.45) is 2.15. The number of carbonyl (C=O) groups is 3. The molecule has 1 aromatic carbocycles. The Bertz CT molecular complexity index is 671. The Morgan fingerprint density at radius 2 is 2.04 bits per heavy atom. The summed E-state index contributed by atoms with van der Waals surface area (Å²) in [5, 5.41) is 14.0. The second-order valence-electron chi connectivity index (χ2n) is 5.86. The number of amides is 2. The van der Waals surface area contributed by atoms with Gasteiger partial charge in [0.15, 0.2) is 0 Å². The molecule has 1 aromatic rings. The number of methoxy groups -OCH3 is 1. The molecule has 0 aromatic heterocycles. The summed E-state index contributed by atoms with van der Waals surface area (Å²) in [5.74, 6) is -0.923. The number of ether oxygens (including phenoxy) is 2. The van der Waals surface area contributed by atoms with E-state index in [0.717, 1.165) is 0 Å². The molecule has 0 spiro atoms. The molecule has 28 heavy (non-hydrogen) atoms. The lowest BCUT2D eigenvalue weighted by molar-refractivity contribution is -0.137. The molecule has 0 radical (unpaired) electrons. The van der Waals surface area contributed by atoms with Crippen molar-refractivity contribution in [3.05, 3.63) is 23.8 Å². The second kappa shape index (κ2) is 12.8. The highest BCUT2D eigenvalue weighted by atomic mass is 32.2. The average Bonchev–Trinajstić information content (AvgIpc) is 2.64. The molecule has 1 rings (SSSR count). The minimum absolute atomic E-state index is 0.00315. The molecule has 2 amide bonds. The van der Waals surface area contributed by atoms with E-state index in [1.807, 2.05) is 0 Å². The van der Waals surface area contributed by atoms with Crippen molar-refractivity contribution in [1.29, 1.82) is 0 Å². The fourth-order valence-electron chi connectivity index (χ4n) is 2.30. The van der Waals surface area contributed by atoms with Crippen LogP contribution in [0.25, 0.3) is 0 Å². The van der Waals surface area contributed by atoms with Gasteiger partial charge in [-0.15, -0.1) is 0 Å². The maximum absolute atomic E-state index is 12.5. The van der Waals surface area contributed by atoms with Gasteiger partial charge >= 0.3 is 5.97 Å². The maximum atomic E-state index is 12.5. The first-order chi connectivity index (χ1) is 13.4. The zero-order chi connectivity index (χ0) is 20.9. The minimum atomic E-state index is -0.903. The van der Waals surface area contributed by atoms with Crippen molar-refractivity contribution < 1.29 is 29.0 Å². The summed E-state index contributed by atoms with van der Waals surface area (Å²) in [7, 11) is 1.53. The number of benzene rings is 1. The van der Waals surface area contributed by atoms with Gasteiger partial charge in [0.05, 0.1) is 24.7 Å². The number of aliphatic carboxylic acids is 1. The van der Waals surface area contributed by atoms with Gasteiger partial charge in [-0.05, 0) is 30.4 Å². The highest BCUT2D eigenvalue weighted by Gasteiger charge is 2.23. The van der Waals surface area contributed by atoms with Crippen molar-refractivity contribution in [2.45, 2.75) is 18.9 Å². The largest absolute Gasteiger partial charge is 0.491 e. The Morgan fingerprint density at radius 1 is 1.29 bits per heavy atom. The van der Waals surface area contributed by atoms with Crippen LogP contribution in [0.5, 0.6) is 5.75 Å². The third-order valence-corrected chi connectivity index (χ3v) is 4.16. The third kappa shape index (κ3) is 8.49. The Balaban J connectivity index is 2.86. The van der Waals surface area contributed by atoms with Crippen LogP contribution in [-0.4, -0.2) is 61.8 Å². The van der Waals surface area contributed by atoms with E-state index in [1.165, 1.54) is 18.9 Å². The number of nitrogen functional groups attached to an aromatic ring is 1. The number of hydrogen-bond acceptors (Lipinski definition) is 7. The summed E-state index contributed by atoms with van der Waals surface area (Å²) in [5.41, 5.74) is 6.81. The number of thioether (sulfide) groups is 1. The SMILES string of the molecule is COCCNC(=O)C(NC(=O)CSC)c1ccc(OCCCC(=O)O)c(N)c1. The van der Waals surface area contributed by atoms with Gasteiger partial charge < -0.3 is 30.9 Å². The van der Waals surface area contributed by atoms with Gasteiger partial charge in [0.2, 0.25) is 11.8 Å². The highest BCUT2D eigenvalue weighted by Crippen LogP contribution is 2.26. The molecule has 1 atom stereocenters. The number of nitrogens with one attached hydrogen (secondary N) is 2. The van der Waals surface area contributed by atoms with Crippen LogP contribution >= 0.6 is 11.8 Å². The second-order valence-corrected chi connectivity index (χ2v) is 6.73. The number of carbonyl (C=O) groups excluding carboxylic acids is 2. The van der Waals surface area contributed by atoms with Crippen molar-refractivity contribution in [2.24, 2.45) is 0 Å². The van der Waals surface area contributed by atoms with Crippen LogP contribution in [0.2, 0.25) is 0 Å². The lowest BCUT2D eigenvalue weighted by Crippen LogP contribution is -2.42. The fraction of sp³-hybridized carbons (Fsp3) is 0.500. The van der Waals surface area contributed by atoms with E-state index in [9.17, 15) is 14.4 Å². The van der Waals surface area contributed by atoms with Crippen molar-refractivity contribution in [3.8, 4) is 5.75 Å². The Labute approximate surface area is 168 Å². The summed E-state index contributed by atoms with van der Waals surface area (Å²) in [4.78, 5) is 35.0. The van der Waals surface area contributed by atoms with Gasteiger partial charge in [0.1, 0.15) is 11.8 Å². The molecule has 0 fully saturated rings. The Kier molecular flexibility index (Phi) is 10.8. The highest BCUT2D eigenvalue weighted by molar-refractivity contribution is 7.99. The topological polar surface area (TPSA) is 140 Å². The van der Waals surface area contributed by atoms with Gasteiger partial charge in [-0.2, -0.15) is 11.8 Å². The van der Waals surface area contributed by atoms with Gasteiger partial charge in [-0.3, -0.25) is 14.4 Å². The van der Waals surface area contributed by atoms with E-state index in [4.69, 9.17) is 20.3 Å². The van der Waals surface area contributed by atoms with Crippen LogP contribution in [0.4, 0.5) is 5.69 Å². The molecule has 1 unspecified atom stereocenters. The zero-order valence-electron chi connectivity index (χ0n) is 16.0. The number of rotatable bonds is 13. The third-order valence-electron chi connectivity index (χ3n) is 3.61. The summed E-state index contributed by atoms with van der Waals surface area (Å²) >= 11 is 1.35. The molecule has 10 heteroatoms. The first-order valence-corrected chi connectivity index (χ1v) is 10.1. The standard InChI is InChI=1S/C18H27N3O6S/c1-26-9-7-20-18(25)17(21-15(22)11-28-2)12-5-6-14(13(19)10-12)27-8-3-4-16(23)24/h5-6,10,17H,3-4,7-9,11,19H2,1-2H3,(H,20,25)(H,21,22)(H,23,24). The first kappa shape index (κ1) is 23.6. The number of anilines is 1. The van der Waals surface area contributed by atoms with E-state index in [2.05, 4.69) is 10.6 Å². The minimum Gasteiger partial charge on any atom is -0.491 e. The Morgan fingerprint density at radius 3 is 2.64 bits per heavy atom. The molecule has 0 aliphatic heterocycles. The fourth-order valence-corrected chi connectivity index (χ4v) is 2.64. The van der Waals surface area contributed by atoms with Gasteiger partial charge in [0, 0.05) is 20.1 Å². The maximum Gasteiger partial charge on any atom is 0.303 e. The van der Waals surface area contributed by atoms with Crippen LogP contribution in [0.15, 0.2) is 18.2 Å². The van der Waals surface area contributed by atoms with Crippen LogP contribution in [0.3, 0.4) is 0 Å². The number of carboxylic acid groups (broad SMARTS) is 1. The molecular weight excluding hydrogens is 386 g/mol. The molecule has 9 nitrogen and oxygen atoms in total. The van der Waals surface area contributed by atoms with Crippen molar-refractivity contribution in [1.82, 2.24) is 10.6 Å². The lowest BCUT2D eigenvalue weighted by Gasteiger charge is -2.20. The van der Waals surface area contributed by atoms with Crippen LogP contribution in [-0.2, 0) is 19.1 Å². The molecule has 0 aliphatic rings. The van der Waals surface area contributed by atoms with E-state index in [0.29, 0.717) is 36.6 Å². The van der Waals surface area contributed by atoms with E-state index < -0.39 is 12.0 Å². The molecule has 156 valence electrons. The summed E-state index contributed by atoms with van der Waals surface area (Å²) in [6, 6.07) is 3.90. The Hall–Kier alpha value is -2.46. The molecule has 0 aliphatic carbocycles. The van der Waals surface area contributed by atoms with Gasteiger partial charge in [-0.25, -0.2) is 0 Å². The van der Waals surface area contributed by atoms with Gasteiger partial charge in [-0.1, -0.05) is 6.07 Å². The van der Waals surface area contributed by atoms with Gasteiger partial charge in [0.25, 0.3) is 0 Å². The predicted molar refractivity (Wildman–Crippen MR) is 107 cm³/mol. The molecule has 0 bridgehead atoms. The number of hydrogen-bond donors (Lipinski definition) is 4. The molecular formula is C18H27N3O6S. The quantitative estimate of drug-likeness (QED) is 0.275. The summed E-state index contributed by atoms with van der Waals surface area (Å²) in [6.45, 7) is 0.869. The first-order valence-electron chi connectivity index (χ1n) is 8.68. The average molecular weight is 413 g/mol. The van der Waals surface area contributed by atoms with Crippen molar-refractivity contribution in [3.63, 3.8) is 0 Å². The van der Waals surface area contributed by atoms with Crippen molar-refractivity contribution in [2.75, 3.05) is 44.6 Å². The van der Waals surface area contributed by atoms with E-state index in [-0.39, 0.29) is 30.6 Å². The normalized spacial score (nSPS) is 11.5.